The van der Waals surface area contributed by atoms with Gasteiger partial charge in [-0.25, -0.2) is 19.9 Å². The number of rotatable bonds is 10. The van der Waals surface area contributed by atoms with Crippen molar-refractivity contribution < 1.29 is 0 Å². The molecule has 19 aromatic carbocycles. The maximum Gasteiger partial charge on any atom is 0.160 e. The standard InChI is InChI=1S/C58H36N4.C54H34N4/c1-4-20-43-37(16-1)19-15-27-46(43)51-36-52(57-44-21-5-2-17-38(44)32-39-18-3-6-22-45(39)57)60-58(59-51)40-33-41(61-53-28-11-7-23-47(53)48-24-8-12-29-54(48)61)35-42(34-40)62-55-30-13-9-25-49(55)50-26-10-14-31-56(50)62;1-3-19-40-35(15-1)17-13-25-42(40)48-34-49(43-26-14-18-36-16-2-4-20-41(36)43)56-54(55-48)37-31-38(57-50-27-9-5-21-44(50)45-22-6-10-28-51(45)57)33-39(32-37)58-52-29-11-7-23-46(52)47-24-8-12-30-53(47)58/h1-36H;1-34H. The highest BCUT2D eigenvalue weighted by Crippen LogP contribution is 2.45. The van der Waals surface area contributed by atoms with Gasteiger partial charge in [-0.1, -0.05) is 322 Å². The molecule has 0 aliphatic rings. The van der Waals surface area contributed by atoms with Crippen LogP contribution in [0.4, 0.5) is 0 Å². The Hall–Kier alpha value is -16.2. The van der Waals surface area contributed by atoms with Crippen molar-refractivity contribution in [3.05, 3.63) is 425 Å². The Morgan fingerprint density at radius 2 is 0.358 bits per heavy atom. The molecule has 8 heteroatoms. The summed E-state index contributed by atoms with van der Waals surface area (Å²) in [6, 6.07) is 152. The molecule has 0 bridgehead atoms. The molecule has 120 heavy (non-hydrogen) atoms. The number of benzene rings is 19. The predicted octanol–water partition coefficient (Wildman–Crippen LogP) is 29.1. The molecular weight excluding hydrogens is 1460 g/mol. The molecule has 0 N–H and O–H groups in total. The Morgan fingerprint density at radius 3 is 0.633 bits per heavy atom. The minimum absolute atomic E-state index is 0.659. The molecule has 0 radical (unpaired) electrons. The van der Waals surface area contributed by atoms with E-state index in [9.17, 15) is 0 Å². The van der Waals surface area contributed by atoms with Gasteiger partial charge in [-0.2, -0.15) is 0 Å². The summed E-state index contributed by atoms with van der Waals surface area (Å²) in [6.45, 7) is 0. The lowest BCUT2D eigenvalue weighted by atomic mass is 9.93. The maximum absolute atomic E-state index is 5.64. The van der Waals surface area contributed by atoms with Crippen LogP contribution in [0.2, 0.25) is 0 Å². The first-order valence-corrected chi connectivity index (χ1v) is 40.9. The zero-order chi connectivity index (χ0) is 78.9. The van der Waals surface area contributed by atoms with Crippen LogP contribution in [-0.4, -0.2) is 38.2 Å². The molecule has 25 rings (SSSR count). The number of hydrogen-bond donors (Lipinski definition) is 0. The average Bonchev–Trinajstić information content (AvgIpc) is 1.50. The number of hydrogen-bond acceptors (Lipinski definition) is 4. The van der Waals surface area contributed by atoms with Crippen LogP contribution in [0.25, 0.3) is 232 Å². The van der Waals surface area contributed by atoms with Gasteiger partial charge in [0.15, 0.2) is 11.6 Å². The van der Waals surface area contributed by atoms with Gasteiger partial charge in [0, 0.05) is 99.2 Å². The molecule has 0 atom stereocenters. The zero-order valence-corrected chi connectivity index (χ0v) is 65.0. The molecule has 0 aliphatic heterocycles. The monoisotopic (exact) mass is 1530 g/mol. The first-order valence-electron chi connectivity index (χ1n) is 40.9. The van der Waals surface area contributed by atoms with E-state index in [0.717, 1.165) is 150 Å². The first-order chi connectivity index (χ1) is 59.5. The smallest absolute Gasteiger partial charge is 0.160 e. The third-order valence-electron chi connectivity index (χ3n) is 24.4. The molecule has 25 aromatic rings. The Kier molecular flexibility index (Phi) is 15.8. The van der Waals surface area contributed by atoms with Crippen molar-refractivity contribution in [2.75, 3.05) is 0 Å². The van der Waals surface area contributed by atoms with Gasteiger partial charge in [-0.15, -0.1) is 0 Å². The Bertz CT molecular complexity index is 7880. The Balaban J connectivity index is 0.000000137. The minimum atomic E-state index is 0.659. The topological polar surface area (TPSA) is 71.3 Å². The SMILES string of the molecule is c1ccc2c(-c3cc(-c4c5ccccc5cc5ccccc45)nc(-c4cc(-n5c6ccccc6c6ccccc65)cc(-n5c6ccccc6c6ccccc65)c4)n3)cccc2c1.c1ccc2c(-c3cc(-c4cccc5ccccc45)nc(-c4cc(-n5c6ccccc6c6ccccc65)cc(-n5c6ccccc6c6ccccc65)c4)n3)cccc2c1. The molecule has 0 spiro atoms. The fourth-order valence-electron chi connectivity index (χ4n) is 19.1. The van der Waals surface area contributed by atoms with Crippen LogP contribution in [0, 0.1) is 0 Å². The van der Waals surface area contributed by atoms with Gasteiger partial charge in [0.25, 0.3) is 0 Å². The lowest BCUT2D eigenvalue weighted by Gasteiger charge is -2.17. The lowest BCUT2D eigenvalue weighted by Crippen LogP contribution is -2.02. The van der Waals surface area contributed by atoms with Crippen LogP contribution in [0.1, 0.15) is 0 Å². The number of para-hydroxylation sites is 8. The summed E-state index contributed by atoms with van der Waals surface area (Å²) in [5.41, 5.74) is 23.0. The molecule has 6 heterocycles. The molecule has 8 nitrogen and oxygen atoms in total. The van der Waals surface area contributed by atoms with Crippen LogP contribution in [0.5, 0.6) is 0 Å². The summed E-state index contributed by atoms with van der Waals surface area (Å²) in [5.74, 6) is 1.32. The van der Waals surface area contributed by atoms with Gasteiger partial charge in [0.05, 0.1) is 66.9 Å². The minimum Gasteiger partial charge on any atom is -0.309 e. The van der Waals surface area contributed by atoms with Gasteiger partial charge < -0.3 is 18.3 Å². The normalized spacial score (nSPS) is 11.8. The Morgan fingerprint density at radius 1 is 0.150 bits per heavy atom. The van der Waals surface area contributed by atoms with Gasteiger partial charge in [0.1, 0.15) is 0 Å². The molecule has 0 saturated carbocycles. The van der Waals surface area contributed by atoms with Crippen molar-refractivity contribution in [1.29, 1.82) is 0 Å². The van der Waals surface area contributed by atoms with Crippen LogP contribution in [-0.2, 0) is 0 Å². The highest BCUT2D eigenvalue weighted by Gasteiger charge is 2.25. The quantitative estimate of drug-likeness (QED) is 0.128. The molecule has 0 unspecified atom stereocenters. The highest BCUT2D eigenvalue weighted by atomic mass is 15.0. The second-order valence-corrected chi connectivity index (χ2v) is 31.2. The van der Waals surface area contributed by atoms with Crippen molar-refractivity contribution in [1.82, 2.24) is 38.2 Å². The summed E-state index contributed by atoms with van der Waals surface area (Å²) >= 11 is 0. The molecule has 0 aliphatic carbocycles. The van der Waals surface area contributed by atoms with Crippen LogP contribution in [0.15, 0.2) is 425 Å². The summed E-state index contributed by atoms with van der Waals surface area (Å²) in [5, 5.41) is 21.4. The molecule has 0 amide bonds. The van der Waals surface area contributed by atoms with E-state index in [-0.39, 0.29) is 0 Å². The van der Waals surface area contributed by atoms with Crippen molar-refractivity contribution >= 4 is 141 Å². The van der Waals surface area contributed by atoms with Crippen molar-refractivity contribution in [2.45, 2.75) is 0 Å². The van der Waals surface area contributed by atoms with E-state index in [4.69, 9.17) is 19.9 Å². The fraction of sp³-hybridized carbons (Fsp3) is 0. The number of aromatic nitrogens is 8. The van der Waals surface area contributed by atoms with E-state index in [1.807, 2.05) is 0 Å². The maximum atomic E-state index is 5.64. The van der Waals surface area contributed by atoms with E-state index >= 15 is 0 Å². The number of fused-ring (bicyclic) bond motifs is 17. The van der Waals surface area contributed by atoms with E-state index in [1.54, 1.807) is 0 Å². The summed E-state index contributed by atoms with van der Waals surface area (Å²) in [7, 11) is 0. The van der Waals surface area contributed by atoms with E-state index in [2.05, 4.69) is 443 Å². The van der Waals surface area contributed by atoms with Gasteiger partial charge >= 0.3 is 0 Å². The fourth-order valence-corrected chi connectivity index (χ4v) is 19.1. The third kappa shape index (κ3) is 11.1. The average molecular weight is 1530 g/mol. The Labute approximate surface area is 689 Å². The van der Waals surface area contributed by atoms with Gasteiger partial charge in [-0.05, 0) is 157 Å². The van der Waals surface area contributed by atoms with Crippen molar-refractivity contribution in [3.8, 4) is 90.6 Å². The molecule has 0 saturated heterocycles. The second-order valence-electron chi connectivity index (χ2n) is 31.2. The van der Waals surface area contributed by atoms with Gasteiger partial charge in [-0.3, -0.25) is 0 Å². The highest BCUT2D eigenvalue weighted by molar-refractivity contribution is 6.16. The largest absolute Gasteiger partial charge is 0.309 e. The second kappa shape index (κ2) is 27.8. The van der Waals surface area contributed by atoms with Gasteiger partial charge in [0.2, 0.25) is 0 Å². The predicted molar refractivity (Wildman–Crippen MR) is 502 cm³/mol. The first kappa shape index (κ1) is 68.3. The van der Waals surface area contributed by atoms with E-state index in [1.165, 1.54) is 70.0 Å². The molecule has 6 aromatic heterocycles. The molecule has 558 valence electrons. The molecular formula is C112H70N8. The zero-order valence-electron chi connectivity index (χ0n) is 65.0. The molecule has 0 fully saturated rings. The number of nitrogens with zero attached hydrogens (tertiary/aromatic N) is 8. The van der Waals surface area contributed by atoms with Crippen LogP contribution in [0.3, 0.4) is 0 Å². The van der Waals surface area contributed by atoms with Crippen molar-refractivity contribution in [3.63, 3.8) is 0 Å². The van der Waals surface area contributed by atoms with Crippen molar-refractivity contribution in [2.24, 2.45) is 0 Å². The summed E-state index contributed by atoms with van der Waals surface area (Å²) in [6.07, 6.45) is 0. The van der Waals surface area contributed by atoms with E-state index in [0.29, 0.717) is 11.6 Å². The summed E-state index contributed by atoms with van der Waals surface area (Å²) in [4.78, 5) is 22.2. The third-order valence-corrected chi connectivity index (χ3v) is 24.4. The van der Waals surface area contributed by atoms with Crippen LogP contribution >= 0.6 is 0 Å². The van der Waals surface area contributed by atoms with E-state index < -0.39 is 0 Å². The lowest BCUT2D eigenvalue weighted by molar-refractivity contribution is 1.12. The summed E-state index contributed by atoms with van der Waals surface area (Å²) < 4.78 is 9.59. The van der Waals surface area contributed by atoms with Crippen LogP contribution < -0.4 is 0 Å².